The van der Waals surface area contributed by atoms with Crippen LogP contribution in [-0.4, -0.2) is 64.1 Å². The number of fused-ring (bicyclic) bond motifs is 2. The van der Waals surface area contributed by atoms with Gasteiger partial charge in [-0.15, -0.1) is 0 Å². The molecule has 9 heteroatoms. The number of piperidine rings is 1. The third-order valence-electron chi connectivity index (χ3n) is 7.18. The number of allylic oxidation sites excluding steroid dienone is 1. The number of ether oxygens (including phenoxy) is 1. The number of nitriles is 1. The van der Waals surface area contributed by atoms with E-state index in [0.717, 1.165) is 54.3 Å². The van der Waals surface area contributed by atoms with Gasteiger partial charge in [-0.05, 0) is 54.2 Å². The van der Waals surface area contributed by atoms with Crippen LogP contribution in [-0.2, 0) is 13.0 Å². The van der Waals surface area contributed by atoms with Crippen LogP contribution in [0.25, 0.3) is 16.7 Å². The van der Waals surface area contributed by atoms with Crippen molar-refractivity contribution in [3.05, 3.63) is 71.9 Å². The molecule has 0 radical (unpaired) electrons. The van der Waals surface area contributed by atoms with Crippen molar-refractivity contribution in [3.63, 3.8) is 0 Å². The van der Waals surface area contributed by atoms with Crippen molar-refractivity contribution in [2.75, 3.05) is 37.1 Å². The number of rotatable bonds is 9. The summed E-state index contributed by atoms with van der Waals surface area (Å²) in [5.41, 5.74) is 10.8. The van der Waals surface area contributed by atoms with Crippen molar-refractivity contribution in [2.24, 2.45) is 5.73 Å². The van der Waals surface area contributed by atoms with E-state index in [9.17, 15) is 5.26 Å². The highest BCUT2D eigenvalue weighted by atomic mass is 32.2. The predicted molar refractivity (Wildman–Crippen MR) is 148 cm³/mol. The molecule has 3 fully saturated rings. The average molecular weight is 514 g/mol. The zero-order valence-electron chi connectivity index (χ0n) is 21.2. The molecule has 6 heterocycles. The first-order valence-electron chi connectivity index (χ1n) is 12.4. The van der Waals surface area contributed by atoms with Crippen LogP contribution in [0.15, 0.2) is 55.1 Å². The van der Waals surface area contributed by atoms with Gasteiger partial charge in [-0.3, -0.25) is 9.88 Å². The molecule has 0 aliphatic carbocycles. The normalized spacial score (nSPS) is 19.3. The van der Waals surface area contributed by atoms with Crippen molar-refractivity contribution < 1.29 is 4.74 Å². The van der Waals surface area contributed by atoms with Crippen molar-refractivity contribution in [1.82, 2.24) is 19.9 Å². The van der Waals surface area contributed by atoms with E-state index in [1.807, 2.05) is 24.7 Å². The molecule has 2 atom stereocenters. The Morgan fingerprint density at radius 1 is 1.14 bits per heavy atom. The predicted octanol–water partition coefficient (Wildman–Crippen LogP) is 3.74. The van der Waals surface area contributed by atoms with Gasteiger partial charge in [0.15, 0.2) is 0 Å². The smallest absolute Gasteiger partial charge is 0.212 e. The van der Waals surface area contributed by atoms with E-state index in [1.165, 1.54) is 18.2 Å². The van der Waals surface area contributed by atoms with Gasteiger partial charge < -0.3 is 15.4 Å². The number of nitrogens with zero attached hydrogens (tertiary/aromatic N) is 6. The lowest BCUT2D eigenvalue weighted by molar-refractivity contribution is -0.00876. The largest absolute Gasteiger partial charge is 0.481 e. The van der Waals surface area contributed by atoms with Crippen molar-refractivity contribution in [1.29, 1.82) is 5.26 Å². The van der Waals surface area contributed by atoms with Gasteiger partial charge in [0.25, 0.3) is 0 Å². The Labute approximate surface area is 222 Å². The summed E-state index contributed by atoms with van der Waals surface area (Å²) in [5.74, 6) is 2.64. The van der Waals surface area contributed by atoms with E-state index in [2.05, 4.69) is 56.4 Å². The molecule has 37 heavy (non-hydrogen) atoms. The molecule has 8 nitrogen and oxygen atoms in total. The Balaban J connectivity index is 1.30. The van der Waals surface area contributed by atoms with E-state index in [1.54, 1.807) is 18.9 Å². The molecule has 2 unspecified atom stereocenters. The fourth-order valence-electron chi connectivity index (χ4n) is 5.17. The van der Waals surface area contributed by atoms with E-state index in [4.69, 9.17) is 15.5 Å². The molecule has 2 bridgehead atoms. The van der Waals surface area contributed by atoms with Gasteiger partial charge in [0.2, 0.25) is 5.88 Å². The Kier molecular flexibility index (Phi) is 7.58. The Morgan fingerprint density at radius 2 is 1.95 bits per heavy atom. The van der Waals surface area contributed by atoms with E-state index in [-0.39, 0.29) is 0 Å². The highest BCUT2D eigenvalue weighted by Gasteiger charge is 2.44. The molecular weight excluding hydrogens is 482 g/mol. The minimum absolute atomic E-state index is 0.360. The summed E-state index contributed by atoms with van der Waals surface area (Å²) in [5, 5.41) is 9.57. The van der Waals surface area contributed by atoms with Gasteiger partial charge in [0.05, 0.1) is 18.4 Å². The number of aromatic nitrogens is 3. The van der Waals surface area contributed by atoms with Gasteiger partial charge in [0.1, 0.15) is 11.9 Å². The molecule has 3 saturated heterocycles. The maximum Gasteiger partial charge on any atom is 0.212 e. The second-order valence-corrected chi connectivity index (χ2v) is 10.4. The number of piperazine rings is 1. The van der Waals surface area contributed by atoms with Crippen LogP contribution in [0.1, 0.15) is 23.2 Å². The van der Waals surface area contributed by atoms with Gasteiger partial charge in [-0.1, -0.05) is 6.07 Å². The minimum atomic E-state index is 0.360. The van der Waals surface area contributed by atoms with E-state index >= 15 is 0 Å². The average Bonchev–Trinajstić information content (AvgIpc) is 2.96. The van der Waals surface area contributed by atoms with Crippen molar-refractivity contribution >= 4 is 23.2 Å². The number of nitrogens with two attached hydrogens (primary N) is 1. The number of anilines is 1. The van der Waals surface area contributed by atoms with Crippen molar-refractivity contribution in [2.45, 2.75) is 31.5 Å². The van der Waals surface area contributed by atoms with Gasteiger partial charge in [-0.25, -0.2) is 9.97 Å². The number of pyridine rings is 3. The molecule has 0 saturated carbocycles. The van der Waals surface area contributed by atoms with Gasteiger partial charge >= 0.3 is 0 Å². The lowest BCUT2D eigenvalue weighted by atomic mass is 9.87. The molecule has 3 aliphatic heterocycles. The summed E-state index contributed by atoms with van der Waals surface area (Å²) in [6, 6.07) is 13.5. The monoisotopic (exact) mass is 513 g/mol. The van der Waals surface area contributed by atoms with Crippen LogP contribution in [0.4, 0.5) is 5.82 Å². The molecule has 0 amide bonds. The molecule has 0 aromatic carbocycles. The summed E-state index contributed by atoms with van der Waals surface area (Å²) < 4.78 is 5.17. The number of hydrogen-bond donors (Lipinski definition) is 1. The molecule has 3 aliphatic rings. The van der Waals surface area contributed by atoms with Crippen LogP contribution < -0.4 is 15.4 Å². The summed E-state index contributed by atoms with van der Waals surface area (Å²) in [6.07, 6.45) is 11.2. The highest BCUT2D eigenvalue weighted by molar-refractivity contribution is 7.98. The zero-order chi connectivity index (χ0) is 25.8. The Morgan fingerprint density at radius 3 is 2.57 bits per heavy atom. The minimum Gasteiger partial charge on any atom is -0.481 e. The first kappa shape index (κ1) is 25.1. The van der Waals surface area contributed by atoms with Crippen LogP contribution in [0.3, 0.4) is 0 Å². The van der Waals surface area contributed by atoms with Crippen LogP contribution in [0.5, 0.6) is 5.88 Å². The third kappa shape index (κ3) is 5.26. The molecule has 6 rings (SSSR count). The molecular formula is C28H31N7OS. The van der Waals surface area contributed by atoms with Gasteiger partial charge in [-0.2, -0.15) is 17.0 Å². The van der Waals surface area contributed by atoms with Gasteiger partial charge in [0, 0.05) is 73.7 Å². The summed E-state index contributed by atoms with van der Waals surface area (Å²) >= 11 is 1.80. The first-order chi connectivity index (χ1) is 18.1. The Hall–Kier alpha value is -3.61. The highest BCUT2D eigenvalue weighted by Crippen LogP contribution is 2.36. The van der Waals surface area contributed by atoms with E-state index in [0.29, 0.717) is 29.2 Å². The fourth-order valence-corrected chi connectivity index (χ4v) is 5.61. The fraction of sp³-hybridized carbons (Fsp3) is 0.357. The number of methoxy groups -OCH3 is 1. The number of hydrogen-bond acceptors (Lipinski definition) is 9. The molecule has 3 aromatic rings. The quantitative estimate of drug-likeness (QED) is 0.429. The summed E-state index contributed by atoms with van der Waals surface area (Å²) in [7, 11) is 1.64. The van der Waals surface area contributed by atoms with Crippen molar-refractivity contribution in [3.8, 4) is 23.1 Å². The molecule has 190 valence electrons. The summed E-state index contributed by atoms with van der Waals surface area (Å²) in [4.78, 5) is 18.7. The molecule has 2 N–H and O–H groups in total. The molecule has 0 spiro atoms. The maximum atomic E-state index is 9.57. The molecule has 3 aromatic heterocycles. The van der Waals surface area contributed by atoms with Crippen LogP contribution in [0.2, 0.25) is 0 Å². The second kappa shape index (κ2) is 11.2. The Bertz CT molecular complexity index is 1290. The third-order valence-corrected chi connectivity index (χ3v) is 7.79. The zero-order valence-corrected chi connectivity index (χ0v) is 22.0. The lowest BCUT2D eigenvalue weighted by Gasteiger charge is -2.56. The summed E-state index contributed by atoms with van der Waals surface area (Å²) in [6.45, 7) is 2.82. The van der Waals surface area contributed by atoms with Crippen LogP contribution in [0, 0.1) is 11.3 Å². The SMILES string of the molecule is COc1ccc(CN2C3CC2CN(c2ccc(-c4cc(CCSC)cnc4C(C#N)=CN)cn2)C3)cn1. The maximum absolute atomic E-state index is 9.57. The van der Waals surface area contributed by atoms with E-state index < -0.39 is 0 Å². The number of aryl methyl sites for hydroxylation is 1. The van der Waals surface area contributed by atoms with Crippen LogP contribution >= 0.6 is 11.8 Å². The lowest BCUT2D eigenvalue weighted by Crippen LogP contribution is -2.68. The number of thioether (sulfide) groups is 1. The first-order valence-corrected chi connectivity index (χ1v) is 13.8. The second-order valence-electron chi connectivity index (χ2n) is 9.41. The standard InChI is InChI=1S/C28H31N7OS/c1-36-27-6-3-20(14-32-27)16-35-23-10-24(35)18-34(17-23)26-5-4-21(15-31-26)25-9-19(7-8-37-2)13-33-28(25)22(11-29)12-30/h3-6,9,11,13-15,23-24H,7-8,10,16-18,29H2,1-2H3. The topological polar surface area (TPSA) is 104 Å².